The zero-order chi connectivity index (χ0) is 32.1. The van der Waals surface area contributed by atoms with E-state index in [4.69, 9.17) is 11.5 Å². The molecule has 0 rings (SSSR count). The number of esters is 3. The molecule has 0 aromatic rings. The average Bonchev–Trinajstić information content (AvgIpc) is 2.73. The number of ether oxygens (including phenoxy) is 3. The van der Waals surface area contributed by atoms with E-state index >= 15 is 0 Å². The lowest BCUT2D eigenvalue weighted by Gasteiger charge is -2.40. The van der Waals surface area contributed by atoms with Gasteiger partial charge < -0.3 is 19.0 Å². The van der Waals surface area contributed by atoms with Gasteiger partial charge >= 0.3 is 60.1 Å². The standard InChI is InChI=1S/C16H16F9N3O12/c1-11(2,35-5(29)4-28-38-9(33)15(20,21)22)13(27,7(31)39-40-10(34)16(23,24)25)37-6(30)12(3,26)36-8(32)14(17,18)19/h28H,4,26-27H2,1-3H3/t12-,13-/m1/s1. The Morgan fingerprint density at radius 2 is 1.02 bits per heavy atom. The van der Waals surface area contributed by atoms with Gasteiger partial charge in [-0.1, -0.05) is 0 Å². The highest BCUT2D eigenvalue weighted by molar-refractivity contribution is 5.89. The van der Waals surface area contributed by atoms with E-state index in [-0.39, 0.29) is 6.92 Å². The highest BCUT2D eigenvalue weighted by Crippen LogP contribution is 2.30. The van der Waals surface area contributed by atoms with Crippen LogP contribution in [0, 0.1) is 0 Å². The summed E-state index contributed by atoms with van der Waals surface area (Å²) in [6, 6.07) is 0. The van der Waals surface area contributed by atoms with Crippen molar-refractivity contribution in [2.75, 3.05) is 6.54 Å². The van der Waals surface area contributed by atoms with Gasteiger partial charge in [0.1, 0.15) is 6.54 Å². The number of hydroxylamine groups is 1. The molecule has 24 heteroatoms. The highest BCUT2D eigenvalue weighted by atomic mass is 19.4. The number of alkyl halides is 9. The van der Waals surface area contributed by atoms with E-state index in [1.165, 1.54) is 0 Å². The van der Waals surface area contributed by atoms with Crippen molar-refractivity contribution < 1.29 is 97.1 Å². The molecule has 0 saturated heterocycles. The summed E-state index contributed by atoms with van der Waals surface area (Å²) >= 11 is 0. The van der Waals surface area contributed by atoms with Crippen molar-refractivity contribution in [3.05, 3.63) is 0 Å². The van der Waals surface area contributed by atoms with Gasteiger partial charge in [0.2, 0.25) is 0 Å². The first-order valence-electron chi connectivity index (χ1n) is 9.42. The zero-order valence-corrected chi connectivity index (χ0v) is 19.7. The Bertz CT molecular complexity index is 1020. The minimum absolute atomic E-state index is 0.229. The molecule has 0 radical (unpaired) electrons. The minimum atomic E-state index is -5.79. The predicted octanol–water partition coefficient (Wildman–Crippen LogP) is -0.539. The molecule has 0 spiro atoms. The first kappa shape index (κ1) is 36.1. The second-order valence-corrected chi connectivity index (χ2v) is 7.55. The van der Waals surface area contributed by atoms with Crippen LogP contribution in [0.15, 0.2) is 0 Å². The fraction of sp³-hybridized carbons (Fsp3) is 0.625. The lowest BCUT2D eigenvalue weighted by Crippen LogP contribution is -2.69. The molecule has 0 aromatic carbocycles. The first-order valence-corrected chi connectivity index (χ1v) is 9.42. The Labute approximate surface area is 213 Å². The number of nitrogens with two attached hydrogens (primary N) is 2. The molecule has 230 valence electrons. The van der Waals surface area contributed by atoms with Crippen LogP contribution in [0.1, 0.15) is 20.8 Å². The van der Waals surface area contributed by atoms with Gasteiger partial charge in [-0.15, -0.1) is 5.48 Å². The average molecular weight is 613 g/mol. The molecule has 0 unspecified atom stereocenters. The van der Waals surface area contributed by atoms with E-state index in [9.17, 15) is 68.3 Å². The van der Waals surface area contributed by atoms with Gasteiger partial charge in [0.25, 0.3) is 5.72 Å². The summed E-state index contributed by atoms with van der Waals surface area (Å²) in [7, 11) is 0. The SMILES string of the molecule is CC(C)(OC(=O)CNOC(=O)C(F)(F)F)[C@](N)(OC(=O)[C@](C)(N)OC(=O)C(F)(F)F)C(=O)OOC(=O)C(F)(F)F. The number of carbonyl (C=O) groups is 6. The Morgan fingerprint density at radius 1 is 0.600 bits per heavy atom. The molecule has 0 amide bonds. The van der Waals surface area contributed by atoms with Crippen LogP contribution >= 0.6 is 0 Å². The summed E-state index contributed by atoms with van der Waals surface area (Å²) in [6.45, 7) is -0.276. The van der Waals surface area contributed by atoms with Crippen LogP contribution in [0.25, 0.3) is 0 Å². The maximum atomic E-state index is 12.5. The Kier molecular flexibility index (Phi) is 10.9. The topological polar surface area (TPSA) is 222 Å². The lowest BCUT2D eigenvalue weighted by atomic mass is 9.94. The quantitative estimate of drug-likeness (QED) is 0.0742. The van der Waals surface area contributed by atoms with Crippen LogP contribution < -0.4 is 16.9 Å². The van der Waals surface area contributed by atoms with Gasteiger partial charge in [-0.2, -0.15) is 39.5 Å². The Morgan fingerprint density at radius 3 is 1.45 bits per heavy atom. The summed E-state index contributed by atoms with van der Waals surface area (Å²) in [5.41, 5.74) is 1.44. The summed E-state index contributed by atoms with van der Waals surface area (Å²) in [5.74, 6) is -15.9. The molecule has 0 aliphatic rings. The maximum absolute atomic E-state index is 12.5. The molecule has 0 bridgehead atoms. The molecule has 0 fully saturated rings. The maximum Gasteiger partial charge on any atom is 0.495 e. The summed E-state index contributed by atoms with van der Waals surface area (Å²) < 4.78 is 123. The number of carbonyl (C=O) groups excluding carboxylic acids is 6. The summed E-state index contributed by atoms with van der Waals surface area (Å²) in [5, 5.41) is 0. The monoisotopic (exact) mass is 613 g/mol. The van der Waals surface area contributed by atoms with Crippen LogP contribution in [-0.4, -0.2) is 77.9 Å². The zero-order valence-electron chi connectivity index (χ0n) is 19.7. The van der Waals surface area contributed by atoms with Crippen LogP contribution in [-0.2, 0) is 57.6 Å². The van der Waals surface area contributed by atoms with Gasteiger partial charge in [0.15, 0.2) is 5.60 Å². The van der Waals surface area contributed by atoms with E-state index in [0.29, 0.717) is 13.8 Å². The van der Waals surface area contributed by atoms with Crippen molar-refractivity contribution in [3.8, 4) is 0 Å². The number of nitrogens with one attached hydrogen (secondary N) is 1. The van der Waals surface area contributed by atoms with E-state index in [1.54, 1.807) is 0 Å². The first-order chi connectivity index (χ1) is 17.6. The number of halogens is 9. The van der Waals surface area contributed by atoms with Gasteiger partial charge in [0.05, 0.1) is 0 Å². The molecule has 0 aromatic heterocycles. The van der Waals surface area contributed by atoms with Gasteiger partial charge in [0, 0.05) is 6.92 Å². The van der Waals surface area contributed by atoms with Crippen molar-refractivity contribution >= 4 is 35.8 Å². The smallest absolute Gasteiger partial charge is 0.452 e. The molecule has 0 heterocycles. The second-order valence-electron chi connectivity index (χ2n) is 7.55. The van der Waals surface area contributed by atoms with Crippen LogP contribution in [0.5, 0.6) is 0 Å². The molecular weight excluding hydrogens is 597 g/mol. The van der Waals surface area contributed by atoms with Gasteiger partial charge in [-0.25, -0.2) is 33.7 Å². The van der Waals surface area contributed by atoms with Crippen molar-refractivity contribution in [1.82, 2.24) is 5.48 Å². The number of hydrogen-bond donors (Lipinski definition) is 3. The molecule has 0 aliphatic heterocycles. The third-order valence-electron chi connectivity index (χ3n) is 3.80. The normalized spacial score (nSPS) is 15.4. The third kappa shape index (κ3) is 9.99. The van der Waals surface area contributed by atoms with Crippen LogP contribution in [0.4, 0.5) is 39.5 Å². The molecule has 2 atom stereocenters. The Hall–Kier alpha value is -3.93. The van der Waals surface area contributed by atoms with Crippen molar-refractivity contribution in [2.45, 2.75) is 56.4 Å². The van der Waals surface area contributed by atoms with Crippen molar-refractivity contribution in [3.63, 3.8) is 0 Å². The molecule has 40 heavy (non-hydrogen) atoms. The Balaban J connectivity index is 6.06. The largest absolute Gasteiger partial charge is 0.495 e. The van der Waals surface area contributed by atoms with E-state index in [2.05, 4.69) is 28.8 Å². The fourth-order valence-corrected chi connectivity index (χ4v) is 1.75. The van der Waals surface area contributed by atoms with Crippen molar-refractivity contribution in [2.24, 2.45) is 11.5 Å². The molecule has 0 aliphatic carbocycles. The van der Waals surface area contributed by atoms with Crippen molar-refractivity contribution in [1.29, 1.82) is 0 Å². The van der Waals surface area contributed by atoms with E-state index in [0.717, 1.165) is 5.48 Å². The molecular formula is C16H16F9N3O12. The minimum Gasteiger partial charge on any atom is -0.452 e. The summed E-state index contributed by atoms with van der Waals surface area (Å²) in [6.07, 6.45) is -17.1. The lowest BCUT2D eigenvalue weighted by molar-refractivity contribution is -0.302. The third-order valence-corrected chi connectivity index (χ3v) is 3.80. The van der Waals surface area contributed by atoms with Crippen LogP contribution in [0.3, 0.4) is 0 Å². The number of rotatable bonds is 9. The summed E-state index contributed by atoms with van der Waals surface area (Å²) in [4.78, 5) is 79.2. The molecule has 0 saturated carbocycles. The number of hydrogen-bond acceptors (Lipinski definition) is 15. The van der Waals surface area contributed by atoms with Gasteiger partial charge in [-0.3, -0.25) is 16.3 Å². The fourth-order valence-electron chi connectivity index (χ4n) is 1.75. The van der Waals surface area contributed by atoms with Gasteiger partial charge in [-0.05, 0) is 13.8 Å². The second kappa shape index (κ2) is 12.1. The predicted molar refractivity (Wildman–Crippen MR) is 96.3 cm³/mol. The highest BCUT2D eigenvalue weighted by Gasteiger charge is 2.60. The molecule has 15 nitrogen and oxygen atoms in total. The van der Waals surface area contributed by atoms with E-state index in [1.807, 2.05) is 0 Å². The molecule has 5 N–H and O–H groups in total. The van der Waals surface area contributed by atoms with E-state index < -0.39 is 77.9 Å². The van der Waals surface area contributed by atoms with Crippen LogP contribution in [0.2, 0.25) is 0 Å².